The maximum atomic E-state index is 5.87. The summed E-state index contributed by atoms with van der Waals surface area (Å²) >= 11 is 0. The molecule has 0 saturated heterocycles. The second kappa shape index (κ2) is 7.52. The van der Waals surface area contributed by atoms with Crippen LogP contribution in [0.25, 0.3) is 11.3 Å². The second-order valence-corrected chi connectivity index (χ2v) is 5.22. The van der Waals surface area contributed by atoms with E-state index >= 15 is 0 Å². The number of aromatic nitrogens is 3. The number of anilines is 1. The van der Waals surface area contributed by atoms with Gasteiger partial charge >= 0.3 is 0 Å². The Morgan fingerprint density at radius 2 is 1.67 bits per heavy atom. The van der Waals surface area contributed by atoms with Crippen LogP contribution in [0, 0.1) is 0 Å². The highest BCUT2D eigenvalue weighted by Crippen LogP contribution is 2.23. The fourth-order valence-corrected chi connectivity index (χ4v) is 2.20. The average molecular weight is 322 g/mol. The van der Waals surface area contributed by atoms with Crippen molar-refractivity contribution in [2.45, 2.75) is 13.2 Å². The number of methoxy groups -OCH3 is 1. The van der Waals surface area contributed by atoms with Gasteiger partial charge in [-0.25, -0.2) is 9.97 Å². The molecule has 3 aromatic rings. The van der Waals surface area contributed by atoms with E-state index in [0.29, 0.717) is 24.8 Å². The van der Waals surface area contributed by atoms with Crippen LogP contribution in [0.5, 0.6) is 5.88 Å². The summed E-state index contributed by atoms with van der Waals surface area (Å²) in [7, 11) is 1.67. The normalized spacial score (nSPS) is 10.5. The molecular weight excluding hydrogens is 304 g/mol. The molecule has 122 valence electrons. The van der Waals surface area contributed by atoms with Crippen molar-refractivity contribution in [2.24, 2.45) is 0 Å². The first kappa shape index (κ1) is 15.9. The lowest BCUT2D eigenvalue weighted by Gasteiger charge is -2.09. The van der Waals surface area contributed by atoms with Crippen molar-refractivity contribution in [1.82, 2.24) is 15.0 Å². The molecule has 6 nitrogen and oxygen atoms in total. The van der Waals surface area contributed by atoms with Gasteiger partial charge in [0.1, 0.15) is 6.61 Å². The standard InChI is InChI=1S/C18H18N4O2/c1-23-11-13-2-4-15(5-3-13)16-10-21-17(19)18(22-16)24-12-14-6-8-20-9-7-14/h2-10H,11-12H2,1H3,(H2,19,21). The molecule has 0 radical (unpaired) electrons. The number of benzene rings is 1. The van der Waals surface area contributed by atoms with E-state index < -0.39 is 0 Å². The molecule has 0 saturated carbocycles. The molecule has 2 N–H and O–H groups in total. The summed E-state index contributed by atoms with van der Waals surface area (Å²) in [4.78, 5) is 12.6. The van der Waals surface area contributed by atoms with E-state index in [0.717, 1.165) is 16.7 Å². The minimum atomic E-state index is 0.267. The molecule has 2 heterocycles. The summed E-state index contributed by atoms with van der Waals surface area (Å²) in [6.45, 7) is 0.936. The summed E-state index contributed by atoms with van der Waals surface area (Å²) in [5, 5.41) is 0. The molecule has 1 aromatic carbocycles. The van der Waals surface area contributed by atoms with Crippen LogP contribution in [0.2, 0.25) is 0 Å². The molecule has 0 fully saturated rings. The smallest absolute Gasteiger partial charge is 0.258 e. The first-order valence-corrected chi connectivity index (χ1v) is 7.48. The van der Waals surface area contributed by atoms with Gasteiger partial charge in [-0.15, -0.1) is 0 Å². The molecule has 6 heteroatoms. The zero-order valence-corrected chi connectivity index (χ0v) is 13.3. The third-order valence-electron chi connectivity index (χ3n) is 3.45. The average Bonchev–Trinajstić information content (AvgIpc) is 2.63. The van der Waals surface area contributed by atoms with Gasteiger partial charge in [0, 0.05) is 25.1 Å². The Hall–Kier alpha value is -2.99. The number of pyridine rings is 1. The maximum Gasteiger partial charge on any atom is 0.258 e. The molecule has 2 aromatic heterocycles. The van der Waals surface area contributed by atoms with Gasteiger partial charge < -0.3 is 15.2 Å². The lowest BCUT2D eigenvalue weighted by atomic mass is 10.1. The SMILES string of the molecule is COCc1ccc(-c2cnc(N)c(OCc3ccncc3)n2)cc1. The van der Waals surface area contributed by atoms with Crippen molar-refractivity contribution in [3.63, 3.8) is 0 Å². The van der Waals surface area contributed by atoms with Crippen molar-refractivity contribution in [3.8, 4) is 17.1 Å². The number of nitrogens with two attached hydrogens (primary N) is 1. The predicted molar refractivity (Wildman–Crippen MR) is 91.2 cm³/mol. The highest BCUT2D eigenvalue weighted by atomic mass is 16.5. The quantitative estimate of drug-likeness (QED) is 0.751. The van der Waals surface area contributed by atoms with Crippen LogP contribution >= 0.6 is 0 Å². The molecule has 0 aliphatic carbocycles. The van der Waals surface area contributed by atoms with Gasteiger partial charge in [0.05, 0.1) is 18.5 Å². The van der Waals surface area contributed by atoms with E-state index in [-0.39, 0.29) is 5.82 Å². The Kier molecular flexibility index (Phi) is 4.98. The summed E-state index contributed by atoms with van der Waals surface area (Å²) < 4.78 is 10.8. The highest BCUT2D eigenvalue weighted by Gasteiger charge is 2.08. The van der Waals surface area contributed by atoms with Crippen molar-refractivity contribution < 1.29 is 9.47 Å². The Balaban J connectivity index is 1.78. The molecule has 0 aliphatic heterocycles. The summed E-state index contributed by atoms with van der Waals surface area (Å²) in [5.41, 5.74) is 9.60. The summed E-state index contributed by atoms with van der Waals surface area (Å²) in [5.74, 6) is 0.592. The fraction of sp³-hybridized carbons (Fsp3) is 0.167. The zero-order chi connectivity index (χ0) is 16.8. The van der Waals surface area contributed by atoms with Gasteiger partial charge in [-0.1, -0.05) is 24.3 Å². The third kappa shape index (κ3) is 3.85. The van der Waals surface area contributed by atoms with Crippen LogP contribution in [-0.2, 0) is 18.0 Å². The van der Waals surface area contributed by atoms with E-state index in [2.05, 4.69) is 15.0 Å². The molecule has 24 heavy (non-hydrogen) atoms. The molecule has 0 aliphatic rings. The van der Waals surface area contributed by atoms with Crippen LogP contribution in [-0.4, -0.2) is 22.1 Å². The molecule has 0 unspecified atom stereocenters. The van der Waals surface area contributed by atoms with Gasteiger partial charge in [0.2, 0.25) is 0 Å². The van der Waals surface area contributed by atoms with Gasteiger partial charge in [0.25, 0.3) is 5.88 Å². The van der Waals surface area contributed by atoms with Crippen LogP contribution in [0.15, 0.2) is 55.0 Å². The van der Waals surface area contributed by atoms with Crippen molar-refractivity contribution in [3.05, 3.63) is 66.1 Å². The Labute approximate surface area is 140 Å². The van der Waals surface area contributed by atoms with Crippen LogP contribution < -0.4 is 10.5 Å². The predicted octanol–water partition coefficient (Wildman–Crippen LogP) is 2.85. The van der Waals surface area contributed by atoms with E-state index in [9.17, 15) is 0 Å². The maximum absolute atomic E-state index is 5.87. The van der Waals surface area contributed by atoms with Crippen LogP contribution in [0.1, 0.15) is 11.1 Å². The number of rotatable bonds is 6. The first-order valence-electron chi connectivity index (χ1n) is 7.48. The van der Waals surface area contributed by atoms with Gasteiger partial charge in [-0.2, -0.15) is 0 Å². The van der Waals surface area contributed by atoms with E-state index in [1.54, 1.807) is 25.7 Å². The molecule has 3 rings (SSSR count). The second-order valence-electron chi connectivity index (χ2n) is 5.22. The van der Waals surface area contributed by atoms with Crippen molar-refractivity contribution in [2.75, 3.05) is 12.8 Å². The highest BCUT2D eigenvalue weighted by molar-refractivity contribution is 5.61. The molecular formula is C18H18N4O2. The Morgan fingerprint density at radius 3 is 2.38 bits per heavy atom. The largest absolute Gasteiger partial charge is 0.470 e. The summed E-state index contributed by atoms with van der Waals surface area (Å²) in [6, 6.07) is 11.7. The first-order chi connectivity index (χ1) is 11.8. The minimum Gasteiger partial charge on any atom is -0.470 e. The Bertz CT molecular complexity index is 792. The lowest BCUT2D eigenvalue weighted by molar-refractivity contribution is 0.185. The van der Waals surface area contributed by atoms with Gasteiger partial charge in [-0.05, 0) is 23.3 Å². The van der Waals surface area contributed by atoms with E-state index in [4.69, 9.17) is 15.2 Å². The van der Waals surface area contributed by atoms with Crippen LogP contribution in [0.3, 0.4) is 0 Å². The zero-order valence-electron chi connectivity index (χ0n) is 13.3. The van der Waals surface area contributed by atoms with Gasteiger partial charge in [0.15, 0.2) is 5.82 Å². The Morgan fingerprint density at radius 1 is 0.958 bits per heavy atom. The third-order valence-corrected chi connectivity index (χ3v) is 3.45. The topological polar surface area (TPSA) is 83.2 Å². The number of hydrogen-bond acceptors (Lipinski definition) is 6. The van der Waals surface area contributed by atoms with Crippen molar-refractivity contribution in [1.29, 1.82) is 0 Å². The lowest BCUT2D eigenvalue weighted by Crippen LogP contribution is -2.03. The van der Waals surface area contributed by atoms with Crippen LogP contribution in [0.4, 0.5) is 5.82 Å². The van der Waals surface area contributed by atoms with Gasteiger partial charge in [-0.3, -0.25) is 4.98 Å². The van der Waals surface area contributed by atoms with E-state index in [1.807, 2.05) is 36.4 Å². The van der Waals surface area contributed by atoms with Crippen molar-refractivity contribution >= 4 is 5.82 Å². The fourth-order valence-electron chi connectivity index (χ4n) is 2.20. The minimum absolute atomic E-state index is 0.267. The molecule has 0 spiro atoms. The summed E-state index contributed by atoms with van der Waals surface area (Å²) in [6.07, 6.45) is 5.07. The number of nitrogens with zero attached hydrogens (tertiary/aromatic N) is 3. The molecule has 0 bridgehead atoms. The number of hydrogen-bond donors (Lipinski definition) is 1. The molecule has 0 atom stereocenters. The molecule has 0 amide bonds. The number of nitrogen functional groups attached to an aromatic ring is 1. The van der Waals surface area contributed by atoms with E-state index in [1.165, 1.54) is 0 Å². The number of ether oxygens (including phenoxy) is 2. The monoisotopic (exact) mass is 322 g/mol.